The van der Waals surface area contributed by atoms with E-state index in [1.165, 1.54) is 41.0 Å². The van der Waals surface area contributed by atoms with Crippen molar-refractivity contribution in [3.63, 3.8) is 0 Å². The molecule has 1 amide bonds. The van der Waals surface area contributed by atoms with E-state index in [9.17, 15) is 4.79 Å². The van der Waals surface area contributed by atoms with Crippen molar-refractivity contribution >= 4 is 34.6 Å². The minimum Gasteiger partial charge on any atom is -0.358 e. The molecule has 0 spiro atoms. The molecule has 1 heterocycles. The van der Waals surface area contributed by atoms with Gasteiger partial charge in [-0.25, -0.2) is 0 Å². The maximum Gasteiger partial charge on any atom is 0.279 e. The molecule has 2 rings (SSSR count). The third-order valence-electron chi connectivity index (χ3n) is 4.28. The number of thiocarbonyl (C=S) groups is 1. The summed E-state index contributed by atoms with van der Waals surface area (Å²) in [7, 11) is 0. The van der Waals surface area contributed by atoms with Gasteiger partial charge in [0.15, 0.2) is 5.11 Å². The Hall–Kier alpha value is -1.14. The molecule has 1 saturated carbocycles. The van der Waals surface area contributed by atoms with Gasteiger partial charge in [0.2, 0.25) is 0 Å². The number of amides is 1. The molecule has 0 saturated heterocycles. The lowest BCUT2D eigenvalue weighted by Gasteiger charge is -2.30. The Labute approximate surface area is 142 Å². The van der Waals surface area contributed by atoms with Crippen molar-refractivity contribution in [2.75, 3.05) is 0 Å². The first-order chi connectivity index (χ1) is 10.5. The van der Waals surface area contributed by atoms with Crippen molar-refractivity contribution in [2.45, 2.75) is 58.9 Å². The summed E-state index contributed by atoms with van der Waals surface area (Å²) in [5.41, 5.74) is 6.68. The summed E-state index contributed by atoms with van der Waals surface area (Å²) in [5, 5.41) is 3.81. The van der Waals surface area contributed by atoms with Crippen LogP contribution in [0.15, 0.2) is 6.07 Å². The van der Waals surface area contributed by atoms with Crippen molar-refractivity contribution < 1.29 is 4.79 Å². The second-order valence-electron chi connectivity index (χ2n) is 5.99. The van der Waals surface area contributed by atoms with E-state index in [1.54, 1.807) is 0 Å². The van der Waals surface area contributed by atoms with Gasteiger partial charge in [0, 0.05) is 10.9 Å². The topological polar surface area (TPSA) is 53.2 Å². The number of carbonyl (C=O) groups is 1. The minimum atomic E-state index is -0.131. The molecule has 6 heteroatoms. The number of hydrogen-bond acceptors (Lipinski definition) is 3. The van der Waals surface area contributed by atoms with E-state index in [4.69, 9.17) is 12.2 Å². The zero-order valence-electron chi connectivity index (χ0n) is 13.5. The number of carbonyl (C=O) groups excluding carboxylic acids is 1. The Morgan fingerprint density at radius 1 is 1.36 bits per heavy atom. The van der Waals surface area contributed by atoms with E-state index < -0.39 is 0 Å². The van der Waals surface area contributed by atoms with Gasteiger partial charge in [-0.1, -0.05) is 26.7 Å². The van der Waals surface area contributed by atoms with Gasteiger partial charge in [-0.2, -0.15) is 0 Å². The highest BCUT2D eigenvalue weighted by molar-refractivity contribution is 7.80. The van der Waals surface area contributed by atoms with Gasteiger partial charge in [0.05, 0.1) is 4.88 Å². The molecule has 4 nitrogen and oxygen atoms in total. The first kappa shape index (κ1) is 17.2. The second-order valence-corrected chi connectivity index (χ2v) is 7.54. The Kier molecular flexibility index (Phi) is 6.20. The molecular weight excluding hydrogens is 314 g/mol. The molecule has 1 aromatic heterocycles. The third kappa shape index (κ3) is 4.43. The van der Waals surface area contributed by atoms with Gasteiger partial charge < -0.3 is 5.32 Å². The van der Waals surface area contributed by atoms with Crippen LogP contribution in [0, 0.1) is 12.8 Å². The van der Waals surface area contributed by atoms with Crippen molar-refractivity contribution in [3.8, 4) is 0 Å². The van der Waals surface area contributed by atoms with Gasteiger partial charge >= 0.3 is 0 Å². The average molecular weight is 340 g/mol. The maximum atomic E-state index is 12.1. The predicted octanol–water partition coefficient (Wildman–Crippen LogP) is 3.31. The van der Waals surface area contributed by atoms with Gasteiger partial charge in [-0.05, 0) is 56.0 Å². The van der Waals surface area contributed by atoms with Crippen LogP contribution in [0.4, 0.5) is 0 Å². The standard InChI is InChI=1S/C16H25N3OS2/c1-4-13-11(3)9-14(22-13)15(20)18-19-16(21)17-12-8-6-5-7-10(12)2/h9-10,12H,4-8H2,1-3H3,(H,18,20)(H2,17,19,21)/t10-,12-/m1/s1. The quantitative estimate of drug-likeness (QED) is 0.584. The fourth-order valence-corrected chi connectivity index (χ4v) is 4.10. The van der Waals surface area contributed by atoms with Crippen LogP contribution in [0.2, 0.25) is 0 Å². The summed E-state index contributed by atoms with van der Waals surface area (Å²) in [6.07, 6.45) is 5.87. The van der Waals surface area contributed by atoms with Crippen molar-refractivity contribution in [2.24, 2.45) is 5.92 Å². The maximum absolute atomic E-state index is 12.1. The van der Waals surface area contributed by atoms with Gasteiger partial charge in [-0.15, -0.1) is 11.3 Å². The van der Waals surface area contributed by atoms with Crippen LogP contribution in [-0.4, -0.2) is 17.1 Å². The molecule has 1 aliphatic rings. The summed E-state index contributed by atoms with van der Waals surface area (Å²) in [4.78, 5) is 14.1. The number of hydrogen-bond donors (Lipinski definition) is 3. The van der Waals surface area contributed by atoms with E-state index in [-0.39, 0.29) is 5.91 Å². The van der Waals surface area contributed by atoms with Crippen LogP contribution in [0.3, 0.4) is 0 Å². The fraction of sp³-hybridized carbons (Fsp3) is 0.625. The van der Waals surface area contributed by atoms with Crippen molar-refractivity contribution in [1.82, 2.24) is 16.2 Å². The van der Waals surface area contributed by atoms with Crippen LogP contribution in [-0.2, 0) is 6.42 Å². The van der Waals surface area contributed by atoms with Crippen LogP contribution in [0.25, 0.3) is 0 Å². The van der Waals surface area contributed by atoms with Crippen molar-refractivity contribution in [3.05, 3.63) is 21.4 Å². The highest BCUT2D eigenvalue weighted by Crippen LogP contribution is 2.24. The number of aryl methyl sites for hydroxylation is 2. The van der Waals surface area contributed by atoms with Crippen molar-refractivity contribution in [1.29, 1.82) is 0 Å². The number of hydrazine groups is 1. The number of rotatable bonds is 3. The average Bonchev–Trinajstić information content (AvgIpc) is 2.88. The molecule has 22 heavy (non-hydrogen) atoms. The Morgan fingerprint density at radius 2 is 2.09 bits per heavy atom. The van der Waals surface area contributed by atoms with Gasteiger partial charge in [0.1, 0.15) is 0 Å². The normalized spacial score (nSPS) is 21.2. The van der Waals surface area contributed by atoms with Crippen LogP contribution < -0.4 is 16.2 Å². The highest BCUT2D eigenvalue weighted by atomic mass is 32.1. The lowest BCUT2D eigenvalue weighted by molar-refractivity contribution is 0.0947. The zero-order valence-corrected chi connectivity index (χ0v) is 15.1. The van der Waals surface area contributed by atoms with Gasteiger partial charge in [-0.3, -0.25) is 15.6 Å². The lowest BCUT2D eigenvalue weighted by atomic mass is 9.86. The molecule has 0 bridgehead atoms. The molecule has 0 aliphatic heterocycles. The first-order valence-electron chi connectivity index (χ1n) is 7.97. The molecule has 3 N–H and O–H groups in total. The van der Waals surface area contributed by atoms with E-state index in [1.807, 2.05) is 13.0 Å². The highest BCUT2D eigenvalue weighted by Gasteiger charge is 2.21. The predicted molar refractivity (Wildman–Crippen MR) is 96.2 cm³/mol. The SMILES string of the molecule is CCc1sc(C(=O)NNC(=S)N[C@@H]2CCCC[C@H]2C)cc1C. The largest absolute Gasteiger partial charge is 0.358 e. The van der Waals surface area contributed by atoms with Crippen LogP contribution >= 0.6 is 23.6 Å². The van der Waals surface area contributed by atoms with E-state index >= 15 is 0 Å². The summed E-state index contributed by atoms with van der Waals surface area (Å²) < 4.78 is 0. The molecule has 1 aliphatic carbocycles. The molecule has 0 aromatic carbocycles. The summed E-state index contributed by atoms with van der Waals surface area (Å²) >= 11 is 6.82. The molecule has 1 aromatic rings. The molecule has 2 atom stereocenters. The molecule has 0 radical (unpaired) electrons. The monoisotopic (exact) mass is 339 g/mol. The number of nitrogens with one attached hydrogen (secondary N) is 3. The molecule has 0 unspecified atom stereocenters. The zero-order chi connectivity index (χ0) is 16.1. The second kappa shape index (κ2) is 7.92. The van der Waals surface area contributed by atoms with E-state index in [2.05, 4.69) is 30.0 Å². The summed E-state index contributed by atoms with van der Waals surface area (Å²) in [6.45, 7) is 6.39. The van der Waals surface area contributed by atoms with Gasteiger partial charge in [0.25, 0.3) is 5.91 Å². The van der Waals surface area contributed by atoms with Crippen LogP contribution in [0.5, 0.6) is 0 Å². The van der Waals surface area contributed by atoms with E-state index in [0.717, 1.165) is 17.7 Å². The number of thiophene rings is 1. The first-order valence-corrected chi connectivity index (χ1v) is 9.20. The fourth-order valence-electron chi connectivity index (χ4n) is 2.89. The molecule has 122 valence electrons. The summed E-state index contributed by atoms with van der Waals surface area (Å²) in [6, 6.07) is 2.33. The van der Waals surface area contributed by atoms with E-state index in [0.29, 0.717) is 17.1 Å². The Bertz CT molecular complexity index is 541. The minimum absolute atomic E-state index is 0.131. The smallest absolute Gasteiger partial charge is 0.279 e. The molecule has 1 fully saturated rings. The summed E-state index contributed by atoms with van der Waals surface area (Å²) in [5.74, 6) is 0.491. The Balaban J connectivity index is 1.81. The van der Waals surface area contributed by atoms with Crippen LogP contribution in [0.1, 0.15) is 59.6 Å². The lowest BCUT2D eigenvalue weighted by Crippen LogP contribution is -2.51. The third-order valence-corrected chi connectivity index (χ3v) is 5.88. The molecular formula is C16H25N3OS2. The Morgan fingerprint density at radius 3 is 2.73 bits per heavy atom.